The summed E-state index contributed by atoms with van der Waals surface area (Å²) >= 11 is 0. The number of rotatable bonds is 8. The van der Waals surface area contributed by atoms with Crippen LogP contribution >= 0.6 is 0 Å². The third-order valence-electron chi connectivity index (χ3n) is 4.87. The van der Waals surface area contributed by atoms with Gasteiger partial charge in [0.25, 0.3) is 0 Å². The van der Waals surface area contributed by atoms with Crippen LogP contribution in [0.1, 0.15) is 16.7 Å². The quantitative estimate of drug-likeness (QED) is 0.280. The van der Waals surface area contributed by atoms with Gasteiger partial charge < -0.3 is 4.90 Å². The second-order valence-corrected chi connectivity index (χ2v) is 7.15. The van der Waals surface area contributed by atoms with Gasteiger partial charge in [0.1, 0.15) is 0 Å². The Morgan fingerprint density at radius 1 is 0.600 bits per heavy atom. The zero-order chi connectivity index (χ0) is 20.4. The molecule has 0 aliphatic carbocycles. The second-order valence-electron chi connectivity index (χ2n) is 7.15. The van der Waals surface area contributed by atoms with Crippen molar-refractivity contribution in [3.63, 3.8) is 0 Å². The van der Waals surface area contributed by atoms with Crippen LogP contribution in [0.4, 0.5) is 11.4 Å². The topological polar surface area (TPSA) is 27.6 Å². The lowest BCUT2D eigenvalue weighted by molar-refractivity contribution is 0.800. The molecule has 3 nitrogen and oxygen atoms in total. The smallest absolute Gasteiger partial charge is 0.0561 e. The minimum absolute atomic E-state index is 0.860. The van der Waals surface area contributed by atoms with Gasteiger partial charge in [-0.25, -0.2) is 0 Å². The number of nitrogens with zero attached hydrogens (tertiary/aromatic N) is 2. The molecule has 0 saturated carbocycles. The van der Waals surface area contributed by atoms with Gasteiger partial charge in [0.15, 0.2) is 0 Å². The summed E-state index contributed by atoms with van der Waals surface area (Å²) in [7, 11) is 0. The Kier molecular flexibility index (Phi) is 6.54. The summed E-state index contributed by atoms with van der Waals surface area (Å²) in [4.78, 5) is 2.40. The van der Waals surface area contributed by atoms with E-state index in [2.05, 4.69) is 100 Å². The SMILES string of the molecule is C(=NNc1ccccc1)c1ccc(N(Cc2ccccc2)Cc2ccccc2)cc1. The fraction of sp³-hybridized carbons (Fsp3) is 0.0741. The largest absolute Gasteiger partial charge is 0.363 e. The maximum atomic E-state index is 4.33. The normalized spacial score (nSPS) is 10.8. The molecule has 30 heavy (non-hydrogen) atoms. The lowest BCUT2D eigenvalue weighted by atomic mass is 10.1. The Hall–Kier alpha value is -3.85. The molecule has 0 fully saturated rings. The van der Waals surface area contributed by atoms with Gasteiger partial charge in [0.05, 0.1) is 11.9 Å². The van der Waals surface area contributed by atoms with Gasteiger partial charge in [-0.15, -0.1) is 0 Å². The average Bonchev–Trinajstić information content (AvgIpc) is 2.81. The maximum Gasteiger partial charge on any atom is 0.0561 e. The lowest BCUT2D eigenvalue weighted by Gasteiger charge is -2.25. The number of nitrogens with one attached hydrogen (secondary N) is 1. The number of para-hydroxylation sites is 1. The number of anilines is 2. The molecule has 0 saturated heterocycles. The zero-order valence-electron chi connectivity index (χ0n) is 16.9. The molecule has 0 aromatic heterocycles. The first-order valence-corrected chi connectivity index (χ1v) is 10.1. The van der Waals surface area contributed by atoms with Crippen molar-refractivity contribution in [2.24, 2.45) is 5.10 Å². The minimum atomic E-state index is 0.860. The van der Waals surface area contributed by atoms with Crippen molar-refractivity contribution >= 4 is 17.6 Å². The van der Waals surface area contributed by atoms with Crippen molar-refractivity contribution < 1.29 is 0 Å². The first-order chi connectivity index (χ1) is 14.9. The standard InChI is InChI=1S/C27H25N3/c1-4-10-24(11-5-1)21-30(22-25-12-6-2-7-13-25)27-18-16-23(17-19-27)20-28-29-26-14-8-3-9-15-26/h1-20,29H,21-22H2. The number of hydrogen-bond acceptors (Lipinski definition) is 3. The van der Waals surface area contributed by atoms with Crippen molar-refractivity contribution in [1.82, 2.24) is 0 Å². The molecule has 0 unspecified atom stereocenters. The molecular weight excluding hydrogens is 366 g/mol. The summed E-state index contributed by atoms with van der Waals surface area (Å²) in [5.74, 6) is 0. The maximum absolute atomic E-state index is 4.33. The predicted molar refractivity (Wildman–Crippen MR) is 127 cm³/mol. The van der Waals surface area contributed by atoms with E-state index in [0.717, 1.165) is 24.3 Å². The van der Waals surface area contributed by atoms with Crippen molar-refractivity contribution in [2.75, 3.05) is 10.3 Å². The van der Waals surface area contributed by atoms with Crippen LogP contribution in [-0.2, 0) is 13.1 Å². The average molecular weight is 392 g/mol. The number of hydrazone groups is 1. The van der Waals surface area contributed by atoms with E-state index < -0.39 is 0 Å². The van der Waals surface area contributed by atoms with E-state index >= 15 is 0 Å². The molecule has 4 aromatic carbocycles. The van der Waals surface area contributed by atoms with E-state index in [4.69, 9.17) is 0 Å². The molecule has 1 N–H and O–H groups in total. The summed E-state index contributed by atoms with van der Waals surface area (Å²) in [6.07, 6.45) is 1.84. The summed E-state index contributed by atoms with van der Waals surface area (Å²) in [6.45, 7) is 1.72. The van der Waals surface area contributed by atoms with Crippen LogP contribution in [-0.4, -0.2) is 6.21 Å². The molecule has 0 radical (unpaired) electrons. The second kappa shape index (κ2) is 10.1. The fourth-order valence-corrected chi connectivity index (χ4v) is 3.31. The van der Waals surface area contributed by atoms with Crippen LogP contribution in [0.2, 0.25) is 0 Å². The van der Waals surface area contributed by atoms with Crippen LogP contribution in [0, 0.1) is 0 Å². The molecule has 0 aliphatic rings. The Labute approximate surface area is 178 Å². The first-order valence-electron chi connectivity index (χ1n) is 10.1. The molecule has 0 heterocycles. The Morgan fingerprint density at radius 2 is 1.10 bits per heavy atom. The molecule has 0 aliphatic heterocycles. The Balaban J connectivity index is 1.48. The summed E-state index contributed by atoms with van der Waals surface area (Å²) in [5, 5.41) is 4.33. The molecule has 4 rings (SSSR count). The van der Waals surface area contributed by atoms with Crippen molar-refractivity contribution in [2.45, 2.75) is 13.1 Å². The molecule has 0 spiro atoms. The third-order valence-corrected chi connectivity index (χ3v) is 4.87. The van der Waals surface area contributed by atoms with Crippen LogP contribution in [0.3, 0.4) is 0 Å². The number of benzene rings is 4. The number of hydrogen-bond donors (Lipinski definition) is 1. The highest BCUT2D eigenvalue weighted by molar-refractivity contribution is 5.81. The van der Waals surface area contributed by atoms with Crippen LogP contribution in [0.5, 0.6) is 0 Å². The third kappa shape index (κ3) is 5.58. The fourth-order valence-electron chi connectivity index (χ4n) is 3.31. The van der Waals surface area contributed by atoms with E-state index in [1.165, 1.54) is 16.8 Å². The van der Waals surface area contributed by atoms with Crippen molar-refractivity contribution in [1.29, 1.82) is 0 Å². The lowest BCUT2D eigenvalue weighted by Crippen LogP contribution is -2.22. The van der Waals surface area contributed by atoms with Gasteiger partial charge in [-0.2, -0.15) is 5.10 Å². The van der Waals surface area contributed by atoms with E-state index in [-0.39, 0.29) is 0 Å². The van der Waals surface area contributed by atoms with E-state index in [1.54, 1.807) is 0 Å². The van der Waals surface area contributed by atoms with E-state index in [0.29, 0.717) is 0 Å². The van der Waals surface area contributed by atoms with Crippen molar-refractivity contribution in [3.05, 3.63) is 132 Å². The highest BCUT2D eigenvalue weighted by Gasteiger charge is 2.08. The van der Waals surface area contributed by atoms with Gasteiger partial charge in [-0.05, 0) is 41.0 Å². The summed E-state index contributed by atoms with van der Waals surface area (Å²) in [5.41, 5.74) is 8.87. The van der Waals surface area contributed by atoms with Crippen LogP contribution in [0.25, 0.3) is 0 Å². The van der Waals surface area contributed by atoms with E-state index in [1.807, 2.05) is 36.5 Å². The van der Waals surface area contributed by atoms with E-state index in [9.17, 15) is 0 Å². The van der Waals surface area contributed by atoms with Gasteiger partial charge in [0.2, 0.25) is 0 Å². The van der Waals surface area contributed by atoms with Gasteiger partial charge >= 0.3 is 0 Å². The first kappa shape index (κ1) is 19.5. The Morgan fingerprint density at radius 3 is 1.63 bits per heavy atom. The van der Waals surface area contributed by atoms with Crippen molar-refractivity contribution in [3.8, 4) is 0 Å². The molecule has 3 heteroatoms. The predicted octanol–water partition coefficient (Wildman–Crippen LogP) is 6.34. The van der Waals surface area contributed by atoms with Gasteiger partial charge in [0, 0.05) is 18.8 Å². The summed E-state index contributed by atoms with van der Waals surface area (Å²) in [6, 6.07) is 39.7. The molecule has 4 aromatic rings. The minimum Gasteiger partial charge on any atom is -0.363 e. The van der Waals surface area contributed by atoms with Crippen LogP contribution < -0.4 is 10.3 Å². The summed E-state index contributed by atoms with van der Waals surface area (Å²) < 4.78 is 0. The molecule has 0 atom stereocenters. The molecule has 148 valence electrons. The Bertz CT molecular complexity index is 1000. The highest BCUT2D eigenvalue weighted by Crippen LogP contribution is 2.21. The molecule has 0 bridgehead atoms. The molecular formula is C27H25N3. The van der Waals surface area contributed by atoms with Gasteiger partial charge in [-0.3, -0.25) is 5.43 Å². The van der Waals surface area contributed by atoms with Gasteiger partial charge in [-0.1, -0.05) is 91.0 Å². The highest BCUT2D eigenvalue weighted by atomic mass is 15.3. The molecule has 0 amide bonds. The van der Waals surface area contributed by atoms with Crippen LogP contribution in [0.15, 0.2) is 120 Å². The monoisotopic (exact) mass is 391 g/mol. The zero-order valence-corrected chi connectivity index (χ0v) is 16.9.